The van der Waals surface area contributed by atoms with Crippen molar-refractivity contribution >= 4 is 15.9 Å². The number of hydrogen-bond acceptors (Lipinski definition) is 4. The zero-order chi connectivity index (χ0) is 16.9. The highest BCUT2D eigenvalue weighted by Crippen LogP contribution is 2.17. The van der Waals surface area contributed by atoms with Crippen molar-refractivity contribution in [3.05, 3.63) is 53.8 Å². The van der Waals surface area contributed by atoms with Gasteiger partial charge in [-0.25, -0.2) is 13.1 Å². The molecule has 7 heteroatoms. The van der Waals surface area contributed by atoms with Gasteiger partial charge in [0.2, 0.25) is 5.09 Å². The molecule has 0 aliphatic heterocycles. The van der Waals surface area contributed by atoms with Crippen LogP contribution in [0, 0.1) is 0 Å². The summed E-state index contributed by atoms with van der Waals surface area (Å²) in [7, 11) is -2.41. The summed E-state index contributed by atoms with van der Waals surface area (Å²) in [5.74, 6) is -0.309. The third-order valence-corrected chi connectivity index (χ3v) is 4.61. The molecular formula is C16H20N2O4S. The van der Waals surface area contributed by atoms with Crippen LogP contribution in [0.4, 0.5) is 0 Å². The summed E-state index contributed by atoms with van der Waals surface area (Å²) in [6.07, 6.45) is 0.793. The molecule has 0 aliphatic carbocycles. The summed E-state index contributed by atoms with van der Waals surface area (Å²) in [6, 6.07) is 12.3. The minimum absolute atomic E-state index is 0.0169. The Morgan fingerprint density at radius 3 is 2.48 bits per heavy atom. The molecule has 2 rings (SSSR count). The summed E-state index contributed by atoms with van der Waals surface area (Å²) in [4.78, 5) is 14.2. The van der Waals surface area contributed by atoms with Gasteiger partial charge in [0.1, 0.15) is 0 Å². The second-order valence-electron chi connectivity index (χ2n) is 5.04. The quantitative estimate of drug-likeness (QED) is 0.841. The van der Waals surface area contributed by atoms with Gasteiger partial charge >= 0.3 is 0 Å². The number of hydrogen-bond donors (Lipinski definition) is 1. The maximum Gasteiger partial charge on any atom is 0.289 e. The van der Waals surface area contributed by atoms with Crippen molar-refractivity contribution < 1.29 is 17.6 Å². The van der Waals surface area contributed by atoms with Gasteiger partial charge in [0.15, 0.2) is 5.76 Å². The van der Waals surface area contributed by atoms with Crippen molar-refractivity contribution in [2.24, 2.45) is 0 Å². The normalized spacial score (nSPS) is 11.4. The van der Waals surface area contributed by atoms with Gasteiger partial charge in [-0.05, 0) is 31.2 Å². The van der Waals surface area contributed by atoms with E-state index >= 15 is 0 Å². The van der Waals surface area contributed by atoms with Crippen molar-refractivity contribution in [2.45, 2.75) is 25.0 Å². The Labute approximate surface area is 136 Å². The second-order valence-corrected chi connectivity index (χ2v) is 6.86. The van der Waals surface area contributed by atoms with Crippen LogP contribution >= 0.6 is 0 Å². The molecule has 0 fully saturated rings. The van der Waals surface area contributed by atoms with Gasteiger partial charge in [-0.1, -0.05) is 37.3 Å². The predicted molar refractivity (Wildman–Crippen MR) is 86.4 cm³/mol. The van der Waals surface area contributed by atoms with E-state index < -0.39 is 10.0 Å². The third-order valence-electron chi connectivity index (χ3n) is 3.32. The maximum atomic E-state index is 12.6. The van der Waals surface area contributed by atoms with Crippen molar-refractivity contribution in [2.75, 3.05) is 13.6 Å². The van der Waals surface area contributed by atoms with E-state index in [1.165, 1.54) is 19.2 Å². The summed E-state index contributed by atoms with van der Waals surface area (Å²) >= 11 is 0. The number of rotatable bonds is 7. The van der Waals surface area contributed by atoms with Gasteiger partial charge in [-0.15, -0.1) is 0 Å². The Bertz CT molecular complexity index is 753. The molecule has 0 radical (unpaired) electrons. The van der Waals surface area contributed by atoms with Gasteiger partial charge < -0.3 is 9.32 Å². The highest BCUT2D eigenvalue weighted by Gasteiger charge is 2.23. The van der Waals surface area contributed by atoms with Gasteiger partial charge in [-0.2, -0.15) is 0 Å². The van der Waals surface area contributed by atoms with E-state index in [1.54, 1.807) is 4.90 Å². The number of carbonyl (C=O) groups excluding carboxylic acids is 1. The molecule has 1 amide bonds. The molecule has 1 N–H and O–H groups in total. The van der Waals surface area contributed by atoms with Crippen molar-refractivity contribution in [1.29, 1.82) is 0 Å². The summed E-state index contributed by atoms with van der Waals surface area (Å²) in [5, 5.41) is -0.264. The lowest BCUT2D eigenvalue weighted by molar-refractivity contribution is 0.0705. The fourth-order valence-electron chi connectivity index (χ4n) is 2.16. The minimum atomic E-state index is -3.70. The third kappa shape index (κ3) is 4.20. The van der Waals surface area contributed by atoms with E-state index in [1.807, 2.05) is 37.3 Å². The molecule has 2 aromatic rings. The average molecular weight is 336 g/mol. The average Bonchev–Trinajstić information content (AvgIpc) is 3.05. The maximum absolute atomic E-state index is 12.6. The molecule has 1 aromatic carbocycles. The molecular weight excluding hydrogens is 316 g/mol. The molecule has 23 heavy (non-hydrogen) atoms. The zero-order valence-corrected chi connectivity index (χ0v) is 14.0. The molecule has 0 spiro atoms. The molecule has 0 saturated carbocycles. The van der Waals surface area contributed by atoms with Crippen LogP contribution in [-0.4, -0.2) is 32.8 Å². The summed E-state index contributed by atoms with van der Waals surface area (Å²) in [5.41, 5.74) is 1.00. The molecule has 0 unspecified atom stereocenters. The highest BCUT2D eigenvalue weighted by molar-refractivity contribution is 7.89. The van der Waals surface area contributed by atoms with Crippen molar-refractivity contribution in [1.82, 2.24) is 9.62 Å². The fraction of sp³-hybridized carbons (Fsp3) is 0.312. The Hall–Kier alpha value is -2.12. The number of furan rings is 1. The van der Waals surface area contributed by atoms with Gasteiger partial charge in [0.25, 0.3) is 15.9 Å². The van der Waals surface area contributed by atoms with Crippen molar-refractivity contribution in [3.63, 3.8) is 0 Å². The number of nitrogens with one attached hydrogen (secondary N) is 1. The molecule has 0 atom stereocenters. The first-order chi connectivity index (χ1) is 11.0. The lowest BCUT2D eigenvalue weighted by atomic mass is 10.2. The van der Waals surface area contributed by atoms with E-state index in [0.29, 0.717) is 13.1 Å². The Balaban J connectivity index is 2.21. The number of nitrogens with zero attached hydrogens (tertiary/aromatic N) is 1. The van der Waals surface area contributed by atoms with Crippen LogP contribution < -0.4 is 4.72 Å². The van der Waals surface area contributed by atoms with Crippen molar-refractivity contribution in [3.8, 4) is 0 Å². The van der Waals surface area contributed by atoms with Gasteiger partial charge in [0.05, 0.1) is 0 Å². The van der Waals surface area contributed by atoms with E-state index in [4.69, 9.17) is 4.42 Å². The Morgan fingerprint density at radius 1 is 1.17 bits per heavy atom. The molecule has 6 nitrogen and oxygen atoms in total. The predicted octanol–water partition coefficient (Wildman–Crippen LogP) is 2.24. The van der Waals surface area contributed by atoms with Crippen LogP contribution in [-0.2, 0) is 16.6 Å². The number of amides is 1. The first-order valence-corrected chi connectivity index (χ1v) is 8.83. The topological polar surface area (TPSA) is 79.6 Å². The smallest absolute Gasteiger partial charge is 0.289 e. The standard InChI is InChI=1S/C16H20N2O4S/c1-3-11-18(12-13-7-5-4-6-8-13)16(19)14-9-10-15(22-14)23(20,21)17-2/h4-10,17H,3,11-12H2,1-2H3. The van der Waals surface area contributed by atoms with Crippen LogP contribution in [0.5, 0.6) is 0 Å². The van der Waals surface area contributed by atoms with E-state index in [-0.39, 0.29) is 16.8 Å². The van der Waals surface area contributed by atoms with E-state index in [2.05, 4.69) is 4.72 Å². The second kappa shape index (κ2) is 7.43. The van der Waals surface area contributed by atoms with Gasteiger partial charge in [-0.3, -0.25) is 4.79 Å². The summed E-state index contributed by atoms with van der Waals surface area (Å²) < 4.78 is 30.8. The number of carbonyl (C=O) groups is 1. The monoisotopic (exact) mass is 336 g/mol. The molecule has 124 valence electrons. The van der Waals surface area contributed by atoms with E-state index in [0.717, 1.165) is 12.0 Å². The van der Waals surface area contributed by atoms with Crippen LogP contribution in [0.1, 0.15) is 29.5 Å². The molecule has 0 saturated heterocycles. The Morgan fingerprint density at radius 2 is 1.87 bits per heavy atom. The fourth-order valence-corrected chi connectivity index (χ4v) is 2.81. The molecule has 0 aliphatic rings. The van der Waals surface area contributed by atoms with Gasteiger partial charge in [0, 0.05) is 13.1 Å². The van der Waals surface area contributed by atoms with Crippen LogP contribution in [0.3, 0.4) is 0 Å². The lowest BCUT2D eigenvalue weighted by Crippen LogP contribution is -2.31. The summed E-state index contributed by atoms with van der Waals surface area (Å²) in [6.45, 7) is 2.98. The molecule has 0 bridgehead atoms. The number of sulfonamides is 1. The van der Waals surface area contributed by atoms with Crippen LogP contribution in [0.15, 0.2) is 52.0 Å². The first-order valence-electron chi connectivity index (χ1n) is 7.34. The lowest BCUT2D eigenvalue weighted by Gasteiger charge is -2.21. The first kappa shape index (κ1) is 17.2. The van der Waals surface area contributed by atoms with E-state index in [9.17, 15) is 13.2 Å². The zero-order valence-electron chi connectivity index (χ0n) is 13.2. The highest BCUT2D eigenvalue weighted by atomic mass is 32.2. The molecule has 1 aromatic heterocycles. The minimum Gasteiger partial charge on any atom is -0.438 e. The number of benzene rings is 1. The molecule has 1 heterocycles. The Kier molecular flexibility index (Phi) is 5.57. The largest absolute Gasteiger partial charge is 0.438 e. The van der Waals surface area contributed by atoms with Crippen LogP contribution in [0.25, 0.3) is 0 Å². The SMILES string of the molecule is CCCN(Cc1ccccc1)C(=O)c1ccc(S(=O)(=O)NC)o1. The van der Waals surface area contributed by atoms with Crippen LogP contribution in [0.2, 0.25) is 0 Å².